The van der Waals surface area contributed by atoms with Crippen LogP contribution in [-0.4, -0.2) is 27.1 Å². The van der Waals surface area contributed by atoms with Crippen LogP contribution < -0.4 is 10.9 Å². The Kier molecular flexibility index (Phi) is 4.90. The molecule has 1 aliphatic carbocycles. The van der Waals surface area contributed by atoms with Crippen LogP contribution in [0.1, 0.15) is 40.4 Å². The van der Waals surface area contributed by atoms with E-state index in [0.29, 0.717) is 17.0 Å². The van der Waals surface area contributed by atoms with Crippen LogP contribution in [0.3, 0.4) is 0 Å². The highest BCUT2D eigenvalue weighted by molar-refractivity contribution is 6.31. The number of pyridine rings is 1. The number of amides is 1. The number of nitrogens with one attached hydrogen (secondary N) is 1. The second-order valence-corrected chi connectivity index (χ2v) is 9.04. The normalized spacial score (nSPS) is 16.8. The van der Waals surface area contributed by atoms with E-state index in [0.717, 1.165) is 34.1 Å². The van der Waals surface area contributed by atoms with Crippen LogP contribution in [0.25, 0.3) is 11.1 Å². The number of aliphatic carboxylic acids is 1. The second kappa shape index (κ2) is 7.64. The van der Waals surface area contributed by atoms with E-state index >= 15 is 0 Å². The van der Waals surface area contributed by atoms with Gasteiger partial charge in [-0.1, -0.05) is 48.0 Å². The van der Waals surface area contributed by atoms with E-state index in [1.54, 1.807) is 12.1 Å². The van der Waals surface area contributed by atoms with Crippen LogP contribution in [0, 0.1) is 0 Å². The molecule has 1 fully saturated rings. The minimum Gasteiger partial charge on any atom is -0.480 e. The number of hydrogen-bond donors (Lipinski definition) is 2. The van der Waals surface area contributed by atoms with Crippen molar-refractivity contribution in [1.82, 2.24) is 9.88 Å². The molecule has 6 nitrogen and oxygen atoms in total. The molecule has 1 amide bonds. The molecular weight excluding hydrogens is 428 g/mol. The van der Waals surface area contributed by atoms with Crippen LogP contribution in [0.4, 0.5) is 0 Å². The summed E-state index contributed by atoms with van der Waals surface area (Å²) in [6.45, 7) is 0. The maximum absolute atomic E-state index is 13.2. The molecule has 2 aromatic carbocycles. The van der Waals surface area contributed by atoms with Gasteiger partial charge in [-0.2, -0.15) is 0 Å². The largest absolute Gasteiger partial charge is 0.480 e. The Bertz CT molecular complexity index is 1300. The summed E-state index contributed by atoms with van der Waals surface area (Å²) in [5, 5.41) is 13.5. The Hall–Kier alpha value is -3.38. The summed E-state index contributed by atoms with van der Waals surface area (Å²) in [5.74, 6) is -1.44. The van der Waals surface area contributed by atoms with E-state index in [1.165, 1.54) is 12.3 Å². The van der Waals surface area contributed by atoms with Gasteiger partial charge in [0.05, 0.1) is 5.56 Å². The molecule has 0 bridgehead atoms. The summed E-state index contributed by atoms with van der Waals surface area (Å²) in [6.07, 6.45) is 3.94. The first-order chi connectivity index (χ1) is 15.3. The average molecular weight is 449 g/mol. The van der Waals surface area contributed by atoms with Crippen molar-refractivity contribution in [3.05, 3.63) is 92.9 Å². The van der Waals surface area contributed by atoms with E-state index in [9.17, 15) is 19.5 Å². The third-order valence-corrected chi connectivity index (χ3v) is 6.58. The number of aromatic nitrogens is 1. The van der Waals surface area contributed by atoms with Crippen molar-refractivity contribution in [2.45, 2.75) is 37.3 Å². The monoisotopic (exact) mass is 448 g/mol. The summed E-state index contributed by atoms with van der Waals surface area (Å²) in [4.78, 5) is 38.4. The van der Waals surface area contributed by atoms with Gasteiger partial charge in [0.1, 0.15) is 6.04 Å². The molecule has 2 N–H and O–H groups in total. The maximum Gasteiger partial charge on any atom is 0.327 e. The molecule has 3 aromatic rings. The zero-order chi connectivity index (χ0) is 22.5. The van der Waals surface area contributed by atoms with Gasteiger partial charge in [0.15, 0.2) is 0 Å². The molecule has 1 aliphatic heterocycles. The number of carbonyl (C=O) groups is 2. The lowest BCUT2D eigenvalue weighted by molar-refractivity contribution is -0.141. The number of nitrogens with zero attached hydrogens (tertiary/aromatic N) is 1. The number of hydrogen-bond acceptors (Lipinski definition) is 3. The van der Waals surface area contributed by atoms with E-state index in [2.05, 4.69) is 5.32 Å². The first-order valence-corrected chi connectivity index (χ1v) is 10.9. The van der Waals surface area contributed by atoms with Crippen molar-refractivity contribution in [1.29, 1.82) is 0 Å². The third kappa shape index (κ3) is 3.71. The van der Waals surface area contributed by atoms with Gasteiger partial charge in [0.2, 0.25) is 0 Å². The van der Waals surface area contributed by atoms with Gasteiger partial charge in [0, 0.05) is 34.8 Å². The van der Waals surface area contributed by atoms with Gasteiger partial charge in [-0.25, -0.2) is 4.79 Å². The zero-order valence-corrected chi connectivity index (χ0v) is 17.9. The highest BCUT2D eigenvalue weighted by Crippen LogP contribution is 2.43. The Balaban J connectivity index is 1.67. The molecular formula is C25H21ClN2O4. The second-order valence-electron chi connectivity index (χ2n) is 8.60. The summed E-state index contributed by atoms with van der Waals surface area (Å²) in [5.41, 5.74) is 2.51. The number of rotatable bonds is 4. The van der Waals surface area contributed by atoms with Crippen molar-refractivity contribution in [3.63, 3.8) is 0 Å². The molecule has 2 aliphatic rings. The molecule has 1 saturated carbocycles. The van der Waals surface area contributed by atoms with Crippen LogP contribution in [0.15, 0.2) is 65.6 Å². The van der Waals surface area contributed by atoms with Crippen molar-refractivity contribution in [3.8, 4) is 11.1 Å². The molecule has 1 spiro atoms. The molecule has 162 valence electrons. The molecule has 1 aromatic heterocycles. The lowest BCUT2D eigenvalue weighted by Gasteiger charge is -2.26. The first-order valence-electron chi connectivity index (χ1n) is 10.5. The van der Waals surface area contributed by atoms with E-state index in [-0.39, 0.29) is 23.4 Å². The molecule has 2 heterocycles. The minimum atomic E-state index is -1.14. The Labute approximate surface area is 189 Å². The molecule has 1 unspecified atom stereocenters. The van der Waals surface area contributed by atoms with Gasteiger partial charge in [-0.05, 0) is 48.1 Å². The third-order valence-electron chi connectivity index (χ3n) is 6.34. The van der Waals surface area contributed by atoms with Crippen LogP contribution >= 0.6 is 11.6 Å². The van der Waals surface area contributed by atoms with E-state index in [4.69, 9.17) is 11.6 Å². The lowest BCUT2D eigenvalue weighted by atomic mass is 9.89. The highest BCUT2D eigenvalue weighted by atomic mass is 35.5. The van der Waals surface area contributed by atoms with Gasteiger partial charge < -0.3 is 15.0 Å². The zero-order valence-electron chi connectivity index (χ0n) is 17.2. The summed E-state index contributed by atoms with van der Waals surface area (Å²) < 4.78 is 1.15. The van der Waals surface area contributed by atoms with E-state index < -0.39 is 17.6 Å². The molecule has 0 saturated heterocycles. The quantitative estimate of drug-likeness (QED) is 0.634. The van der Waals surface area contributed by atoms with Crippen LogP contribution in [0.2, 0.25) is 5.02 Å². The summed E-state index contributed by atoms with van der Waals surface area (Å²) in [7, 11) is 0. The van der Waals surface area contributed by atoms with E-state index in [1.807, 2.05) is 36.4 Å². The Morgan fingerprint density at radius 2 is 1.81 bits per heavy atom. The van der Waals surface area contributed by atoms with Gasteiger partial charge >= 0.3 is 5.97 Å². The van der Waals surface area contributed by atoms with Crippen molar-refractivity contribution in [2.24, 2.45) is 0 Å². The number of fused-ring (bicyclic) bond motifs is 3. The van der Waals surface area contributed by atoms with Gasteiger partial charge in [-0.3, -0.25) is 9.59 Å². The molecule has 7 heteroatoms. The predicted molar refractivity (Wildman–Crippen MR) is 121 cm³/mol. The molecule has 1 atom stereocenters. The molecule has 0 radical (unpaired) electrons. The number of benzene rings is 2. The lowest BCUT2D eigenvalue weighted by Crippen LogP contribution is -2.41. The first kappa shape index (κ1) is 20.5. The van der Waals surface area contributed by atoms with Crippen molar-refractivity contribution < 1.29 is 14.7 Å². The Morgan fingerprint density at radius 3 is 2.50 bits per heavy atom. The maximum atomic E-state index is 13.2. The smallest absolute Gasteiger partial charge is 0.327 e. The number of carboxylic acids is 1. The fourth-order valence-corrected chi connectivity index (χ4v) is 4.63. The number of carboxylic acid groups (broad SMARTS) is 1. The predicted octanol–water partition coefficient (Wildman–Crippen LogP) is 3.86. The van der Waals surface area contributed by atoms with Crippen LogP contribution in [-0.2, 0) is 17.6 Å². The topological polar surface area (TPSA) is 88.4 Å². The minimum absolute atomic E-state index is 0.128. The number of carbonyl (C=O) groups excluding carboxylic acids is 1. The average Bonchev–Trinajstić information content (AvgIpc) is 3.52. The van der Waals surface area contributed by atoms with Crippen molar-refractivity contribution in [2.75, 3.05) is 0 Å². The van der Waals surface area contributed by atoms with Crippen LogP contribution in [0.5, 0.6) is 0 Å². The summed E-state index contributed by atoms with van der Waals surface area (Å²) >= 11 is 6.25. The number of halogens is 1. The van der Waals surface area contributed by atoms with Gasteiger partial charge in [0.25, 0.3) is 11.5 Å². The molecule has 32 heavy (non-hydrogen) atoms. The van der Waals surface area contributed by atoms with Gasteiger partial charge in [-0.15, -0.1) is 0 Å². The fraction of sp³-hybridized carbons (Fsp3) is 0.240. The standard InChI is InChI=1S/C25H21ClN2O4/c26-17-7-6-16-13-25(8-9-25)27-23(30)20-14-28(22(29)12-19(20)18(16)11-17)21(24(31)32)10-15-4-2-1-3-5-15/h1-7,11-12,14,21H,8-10,13H2,(H,27,30)(H,31,32). The SMILES string of the molecule is O=C1NC2(CC2)Cc2ccc(Cl)cc2-c2cc(=O)n(C(Cc3ccccc3)C(=O)O)cc21. The molecule has 5 rings (SSSR count). The van der Waals surface area contributed by atoms with Crippen molar-refractivity contribution >= 4 is 23.5 Å². The fourth-order valence-electron chi connectivity index (χ4n) is 4.46. The summed E-state index contributed by atoms with van der Waals surface area (Å²) in [6, 6.07) is 14.8. The Morgan fingerprint density at radius 1 is 1.06 bits per heavy atom. The highest BCUT2D eigenvalue weighted by Gasteiger charge is 2.46.